The Kier molecular flexibility index (Phi) is 10.3. The van der Waals surface area contributed by atoms with Gasteiger partial charge in [0.2, 0.25) is 0 Å². The van der Waals surface area contributed by atoms with Gasteiger partial charge in [0.05, 0.1) is 48.9 Å². The molecule has 0 aliphatic carbocycles. The first-order chi connectivity index (χ1) is 16.5. The molecule has 7 heteroatoms. The monoisotopic (exact) mass is 466 g/mol. The van der Waals surface area contributed by atoms with E-state index < -0.39 is 0 Å². The van der Waals surface area contributed by atoms with E-state index in [0.29, 0.717) is 39.9 Å². The lowest BCUT2D eigenvalue weighted by atomic mass is 10.0. The fourth-order valence-corrected chi connectivity index (χ4v) is 2.95. The topological polar surface area (TPSA) is 72.5 Å². The Hall–Kier alpha value is -4.13. The Morgan fingerprint density at radius 3 is 1.97 bits per heavy atom. The minimum atomic E-state index is -0.216. The molecule has 0 radical (unpaired) electrons. The molecule has 34 heavy (non-hydrogen) atoms. The maximum atomic E-state index is 13.1. The summed E-state index contributed by atoms with van der Waals surface area (Å²) < 4.78 is 31.6. The van der Waals surface area contributed by atoms with Gasteiger partial charge in [-0.25, -0.2) is 0 Å². The molecular weight excluding hydrogens is 436 g/mol. The third kappa shape index (κ3) is 7.48. The number of benzene rings is 2. The first-order valence-electron chi connectivity index (χ1n) is 10.3. The van der Waals surface area contributed by atoms with Crippen molar-refractivity contribution in [1.29, 1.82) is 0 Å². The fourth-order valence-electron chi connectivity index (χ4n) is 2.95. The van der Waals surface area contributed by atoms with Crippen LogP contribution >= 0.6 is 0 Å². The molecule has 0 N–H and O–H groups in total. The van der Waals surface area contributed by atoms with Crippen LogP contribution in [0.15, 0.2) is 78.3 Å². The normalized spacial score (nSPS) is 12.1. The molecule has 2 aromatic carbocycles. The van der Waals surface area contributed by atoms with Crippen LogP contribution in [0.3, 0.4) is 0 Å². The minimum absolute atomic E-state index is 0.216. The number of carbonyl (C=O) groups excluding carboxylic acids is 1. The highest BCUT2D eigenvalue weighted by atomic mass is 16.5. The molecule has 2 rings (SSSR count). The van der Waals surface area contributed by atoms with Crippen LogP contribution in [0.5, 0.6) is 23.0 Å². The lowest BCUT2D eigenvalue weighted by molar-refractivity contribution is 0.104. The maximum Gasteiger partial charge on any atom is 0.186 e. The minimum Gasteiger partial charge on any atom is -0.504 e. The molecule has 0 saturated carbocycles. The van der Waals surface area contributed by atoms with Gasteiger partial charge in [-0.3, -0.25) is 4.79 Å². The van der Waals surface area contributed by atoms with Crippen LogP contribution in [-0.2, 0) is 9.47 Å². The predicted octanol–water partition coefficient (Wildman–Crippen LogP) is 5.23. The molecule has 0 bridgehead atoms. The van der Waals surface area contributed by atoms with Crippen molar-refractivity contribution in [2.45, 2.75) is 0 Å². The van der Waals surface area contributed by atoms with Crippen molar-refractivity contribution in [2.24, 2.45) is 0 Å². The number of methoxy groups -OCH3 is 6. The van der Waals surface area contributed by atoms with Crippen LogP contribution in [0.4, 0.5) is 0 Å². The second kappa shape index (κ2) is 13.4. The van der Waals surface area contributed by atoms with Crippen LogP contribution < -0.4 is 18.9 Å². The van der Waals surface area contributed by atoms with Crippen LogP contribution in [0.25, 0.3) is 6.08 Å². The Labute approximate surface area is 200 Å². The van der Waals surface area contributed by atoms with Gasteiger partial charge in [-0.2, -0.15) is 0 Å². The molecule has 0 aromatic heterocycles. The molecule has 180 valence electrons. The molecule has 2 aromatic rings. The summed E-state index contributed by atoms with van der Waals surface area (Å²) >= 11 is 0. The van der Waals surface area contributed by atoms with Gasteiger partial charge in [0.15, 0.2) is 17.3 Å². The van der Waals surface area contributed by atoms with Gasteiger partial charge >= 0.3 is 0 Å². The summed E-state index contributed by atoms with van der Waals surface area (Å²) in [5, 5.41) is 0. The standard InChI is InChI=1S/C27H30O7/c1-29-12-11-22(30-2)13-20(8-7-19-14-23(31-3)18-24(15-19)32-4)16-25(28)21-9-10-26(33-5)27(17-21)34-6/h7-18H,1-6H3/b8-7+,12-11+,20-16+,22-13+. The molecule has 0 saturated heterocycles. The Balaban J connectivity index is 2.50. The van der Waals surface area contributed by atoms with Gasteiger partial charge in [-0.15, -0.1) is 0 Å². The van der Waals surface area contributed by atoms with Gasteiger partial charge < -0.3 is 28.4 Å². The number of carbonyl (C=O) groups is 1. The van der Waals surface area contributed by atoms with E-state index in [-0.39, 0.29) is 5.78 Å². The van der Waals surface area contributed by atoms with Crippen molar-refractivity contribution in [3.05, 3.63) is 89.4 Å². The van der Waals surface area contributed by atoms with E-state index in [1.54, 1.807) is 63.8 Å². The van der Waals surface area contributed by atoms with Gasteiger partial charge in [0.1, 0.15) is 17.3 Å². The first-order valence-corrected chi connectivity index (χ1v) is 10.3. The molecule has 0 heterocycles. The van der Waals surface area contributed by atoms with Crippen molar-refractivity contribution in [3.8, 4) is 23.0 Å². The van der Waals surface area contributed by atoms with Gasteiger partial charge in [-0.05, 0) is 53.6 Å². The van der Waals surface area contributed by atoms with Crippen LogP contribution in [0, 0.1) is 0 Å². The summed E-state index contributed by atoms with van der Waals surface area (Å²) in [5.41, 5.74) is 1.88. The number of allylic oxidation sites excluding steroid dienone is 5. The first kappa shape index (κ1) is 26.1. The Morgan fingerprint density at radius 1 is 0.735 bits per heavy atom. The number of hydrogen-bond acceptors (Lipinski definition) is 7. The fraction of sp³-hybridized carbons (Fsp3) is 0.222. The third-order valence-electron chi connectivity index (χ3n) is 4.72. The molecule has 0 fully saturated rings. The summed E-state index contributed by atoms with van der Waals surface area (Å²) in [5.74, 6) is 2.61. The summed E-state index contributed by atoms with van der Waals surface area (Å²) in [7, 11) is 9.32. The molecule has 0 amide bonds. The van der Waals surface area contributed by atoms with E-state index in [4.69, 9.17) is 28.4 Å². The van der Waals surface area contributed by atoms with Crippen molar-refractivity contribution in [3.63, 3.8) is 0 Å². The highest BCUT2D eigenvalue weighted by Crippen LogP contribution is 2.28. The van der Waals surface area contributed by atoms with E-state index in [2.05, 4.69) is 0 Å². The van der Waals surface area contributed by atoms with E-state index >= 15 is 0 Å². The highest BCUT2D eigenvalue weighted by molar-refractivity contribution is 6.06. The van der Waals surface area contributed by atoms with Crippen molar-refractivity contribution >= 4 is 11.9 Å². The van der Waals surface area contributed by atoms with Crippen molar-refractivity contribution < 1.29 is 33.2 Å². The molecular formula is C27H30O7. The zero-order valence-corrected chi connectivity index (χ0v) is 20.3. The van der Waals surface area contributed by atoms with Crippen LogP contribution in [-0.4, -0.2) is 48.4 Å². The summed E-state index contributed by atoms with van der Waals surface area (Å²) in [6.07, 6.45) is 10.0. The van der Waals surface area contributed by atoms with Crippen molar-refractivity contribution in [2.75, 3.05) is 42.7 Å². The molecule has 0 spiro atoms. The number of ketones is 1. The Morgan fingerprint density at radius 2 is 1.41 bits per heavy atom. The molecule has 7 nitrogen and oxygen atoms in total. The SMILES string of the molecule is CO/C=C/C(=C\C(\C=C\c1cc(OC)cc(OC)c1)=C\C(=O)c1ccc(OC)c(OC)c1)OC. The molecule has 0 atom stereocenters. The van der Waals surface area contributed by atoms with Crippen LogP contribution in [0.1, 0.15) is 15.9 Å². The second-order valence-electron chi connectivity index (χ2n) is 6.85. The second-order valence-corrected chi connectivity index (χ2v) is 6.85. The maximum absolute atomic E-state index is 13.1. The summed E-state index contributed by atoms with van der Waals surface area (Å²) in [4.78, 5) is 13.1. The molecule has 0 unspecified atom stereocenters. The average molecular weight is 467 g/mol. The van der Waals surface area contributed by atoms with Crippen molar-refractivity contribution in [1.82, 2.24) is 0 Å². The van der Waals surface area contributed by atoms with E-state index in [9.17, 15) is 4.79 Å². The lowest BCUT2D eigenvalue weighted by Crippen LogP contribution is -1.99. The Bertz CT molecular complexity index is 1070. The number of hydrogen-bond donors (Lipinski definition) is 0. The van der Waals surface area contributed by atoms with E-state index in [0.717, 1.165) is 5.56 Å². The highest BCUT2D eigenvalue weighted by Gasteiger charge is 2.10. The number of rotatable bonds is 12. The largest absolute Gasteiger partial charge is 0.504 e. The zero-order valence-electron chi connectivity index (χ0n) is 20.3. The van der Waals surface area contributed by atoms with E-state index in [1.165, 1.54) is 33.7 Å². The predicted molar refractivity (Wildman–Crippen MR) is 132 cm³/mol. The van der Waals surface area contributed by atoms with Gasteiger partial charge in [-0.1, -0.05) is 12.2 Å². The molecule has 0 aliphatic heterocycles. The van der Waals surface area contributed by atoms with Crippen LogP contribution in [0.2, 0.25) is 0 Å². The van der Waals surface area contributed by atoms with Gasteiger partial charge in [0, 0.05) is 17.7 Å². The molecule has 0 aliphatic rings. The quantitative estimate of drug-likeness (QED) is 0.183. The zero-order chi connectivity index (χ0) is 24.9. The average Bonchev–Trinajstić information content (AvgIpc) is 2.88. The third-order valence-corrected chi connectivity index (χ3v) is 4.72. The lowest BCUT2D eigenvalue weighted by Gasteiger charge is -2.08. The summed E-state index contributed by atoms with van der Waals surface area (Å²) in [6, 6.07) is 10.5. The summed E-state index contributed by atoms with van der Waals surface area (Å²) in [6.45, 7) is 0. The smallest absolute Gasteiger partial charge is 0.186 e. The van der Waals surface area contributed by atoms with Gasteiger partial charge in [0.25, 0.3) is 0 Å². The van der Waals surface area contributed by atoms with E-state index in [1.807, 2.05) is 18.2 Å². The number of ether oxygens (including phenoxy) is 6.